The number of benzene rings is 1. The van der Waals surface area contributed by atoms with Crippen molar-refractivity contribution in [3.63, 3.8) is 0 Å². The Morgan fingerprint density at radius 2 is 2.08 bits per heavy atom. The van der Waals surface area contributed by atoms with Gasteiger partial charge in [-0.2, -0.15) is 0 Å². The average molecular weight is 332 g/mol. The number of carbonyl (C=O) groups is 1. The lowest BCUT2D eigenvalue weighted by Crippen LogP contribution is -2.31. The molecule has 4 rings (SSSR count). The molecule has 2 fully saturated rings. The number of nitrogens with zero attached hydrogens (tertiary/aromatic N) is 3. The van der Waals surface area contributed by atoms with Crippen LogP contribution in [0.2, 0.25) is 0 Å². The summed E-state index contributed by atoms with van der Waals surface area (Å²) < 4.78 is 10.7. The van der Waals surface area contributed by atoms with Crippen molar-refractivity contribution in [3.05, 3.63) is 17.7 Å². The number of likely N-dealkylation sites (tertiary alicyclic amines) is 2. The van der Waals surface area contributed by atoms with Crippen LogP contribution in [0.1, 0.15) is 5.56 Å². The van der Waals surface area contributed by atoms with E-state index in [9.17, 15) is 4.79 Å². The van der Waals surface area contributed by atoms with Crippen molar-refractivity contribution in [2.45, 2.75) is 6.54 Å². The molecule has 2 atom stereocenters. The first-order valence-corrected chi connectivity index (χ1v) is 7.97. The fourth-order valence-electron chi connectivity index (χ4n) is 4.00. The van der Waals surface area contributed by atoms with E-state index in [1.165, 1.54) is 4.90 Å². The van der Waals surface area contributed by atoms with E-state index in [-0.39, 0.29) is 0 Å². The van der Waals surface area contributed by atoms with Gasteiger partial charge < -0.3 is 25.0 Å². The van der Waals surface area contributed by atoms with Crippen LogP contribution in [0.5, 0.6) is 5.75 Å². The molecule has 128 valence electrons. The van der Waals surface area contributed by atoms with Gasteiger partial charge in [-0.15, -0.1) is 0 Å². The Hall–Kier alpha value is -2.48. The monoisotopic (exact) mass is 332 g/mol. The van der Waals surface area contributed by atoms with Crippen molar-refractivity contribution in [1.82, 2.24) is 15.0 Å². The summed E-state index contributed by atoms with van der Waals surface area (Å²) >= 11 is 0. The third-order valence-electron chi connectivity index (χ3n) is 5.08. The van der Waals surface area contributed by atoms with Gasteiger partial charge in [-0.3, -0.25) is 4.90 Å². The van der Waals surface area contributed by atoms with Gasteiger partial charge in [0.2, 0.25) is 0 Å². The summed E-state index contributed by atoms with van der Waals surface area (Å²) in [6.45, 7) is 3.86. The normalized spacial score (nSPS) is 23.8. The van der Waals surface area contributed by atoms with E-state index in [0.717, 1.165) is 25.2 Å². The predicted molar refractivity (Wildman–Crippen MR) is 86.8 cm³/mol. The Labute approximate surface area is 138 Å². The fourth-order valence-corrected chi connectivity index (χ4v) is 4.00. The molecule has 2 aromatic rings. The van der Waals surface area contributed by atoms with Gasteiger partial charge in [0, 0.05) is 32.7 Å². The maximum atomic E-state index is 11.1. The molecule has 0 bridgehead atoms. The number of hydrogen-bond donors (Lipinski definition) is 2. The van der Waals surface area contributed by atoms with Crippen LogP contribution < -0.4 is 10.5 Å². The third kappa shape index (κ3) is 2.43. The fraction of sp³-hybridized carbons (Fsp3) is 0.500. The second-order valence-electron chi connectivity index (χ2n) is 6.64. The first kappa shape index (κ1) is 15.1. The summed E-state index contributed by atoms with van der Waals surface area (Å²) in [6.07, 6.45) is -0.811. The largest absolute Gasteiger partial charge is 0.496 e. The van der Waals surface area contributed by atoms with Crippen LogP contribution in [0, 0.1) is 11.8 Å². The summed E-state index contributed by atoms with van der Waals surface area (Å²) in [6, 6.07) is 3.91. The van der Waals surface area contributed by atoms with Crippen molar-refractivity contribution in [3.8, 4) is 5.75 Å². The van der Waals surface area contributed by atoms with E-state index in [1.807, 2.05) is 12.1 Å². The third-order valence-corrected chi connectivity index (χ3v) is 5.08. The quantitative estimate of drug-likeness (QED) is 0.876. The lowest BCUT2D eigenvalue weighted by molar-refractivity contribution is 0.148. The van der Waals surface area contributed by atoms with Crippen LogP contribution >= 0.6 is 0 Å². The number of rotatable bonds is 3. The summed E-state index contributed by atoms with van der Waals surface area (Å²) in [4.78, 5) is 15.0. The molecule has 0 unspecified atom stereocenters. The number of methoxy groups -OCH3 is 1. The van der Waals surface area contributed by atoms with Gasteiger partial charge in [0.1, 0.15) is 11.1 Å². The zero-order valence-corrected chi connectivity index (χ0v) is 13.4. The smallest absolute Gasteiger partial charge is 0.407 e. The SMILES string of the molecule is COc1cc(CN2C[C@@H]3CN(C(=O)O)C[C@@H]3C2)cc2onc(N)c12. The van der Waals surface area contributed by atoms with Crippen molar-refractivity contribution < 1.29 is 19.2 Å². The van der Waals surface area contributed by atoms with Gasteiger partial charge in [-0.1, -0.05) is 5.16 Å². The number of anilines is 1. The van der Waals surface area contributed by atoms with Gasteiger partial charge in [0.25, 0.3) is 0 Å². The Morgan fingerprint density at radius 1 is 1.38 bits per heavy atom. The minimum atomic E-state index is -0.811. The molecule has 0 radical (unpaired) electrons. The van der Waals surface area contributed by atoms with Gasteiger partial charge in [-0.05, 0) is 29.5 Å². The molecule has 0 aliphatic carbocycles. The first-order chi connectivity index (χ1) is 11.5. The number of fused-ring (bicyclic) bond motifs is 2. The maximum absolute atomic E-state index is 11.1. The standard InChI is InChI=1S/C16H20N4O4/c1-23-12-2-9(3-13-14(12)15(17)18-24-13)4-19-5-10-7-20(16(21)22)8-11(10)6-19/h2-3,10-11H,4-8H2,1H3,(H2,17,18)(H,21,22)/t10-,11+. The van der Waals surface area contributed by atoms with Gasteiger partial charge in [0.15, 0.2) is 11.4 Å². The van der Waals surface area contributed by atoms with Crippen LogP contribution in [0.25, 0.3) is 11.0 Å². The zero-order chi connectivity index (χ0) is 16.8. The highest BCUT2D eigenvalue weighted by Crippen LogP contribution is 2.35. The summed E-state index contributed by atoms with van der Waals surface area (Å²) in [5, 5.41) is 13.6. The van der Waals surface area contributed by atoms with Crippen molar-refractivity contribution in [2.24, 2.45) is 11.8 Å². The zero-order valence-electron chi connectivity index (χ0n) is 13.4. The number of nitrogens with two attached hydrogens (primary N) is 1. The Bertz CT molecular complexity index is 776. The second kappa shape index (κ2) is 5.55. The van der Waals surface area contributed by atoms with Crippen LogP contribution in [-0.4, -0.2) is 59.4 Å². The maximum Gasteiger partial charge on any atom is 0.407 e. The molecule has 2 saturated heterocycles. The molecule has 2 aliphatic heterocycles. The molecule has 1 aromatic heterocycles. The molecule has 3 heterocycles. The molecule has 24 heavy (non-hydrogen) atoms. The molecule has 0 spiro atoms. The molecular weight excluding hydrogens is 312 g/mol. The van der Waals surface area contributed by atoms with E-state index in [4.69, 9.17) is 20.1 Å². The van der Waals surface area contributed by atoms with E-state index < -0.39 is 6.09 Å². The Balaban J connectivity index is 1.49. The minimum Gasteiger partial charge on any atom is -0.496 e. The highest BCUT2D eigenvalue weighted by Gasteiger charge is 2.41. The van der Waals surface area contributed by atoms with E-state index >= 15 is 0 Å². The number of ether oxygens (including phenoxy) is 1. The molecule has 8 heteroatoms. The Kier molecular flexibility index (Phi) is 3.49. The second-order valence-corrected chi connectivity index (χ2v) is 6.64. The van der Waals surface area contributed by atoms with Crippen molar-refractivity contribution in [1.29, 1.82) is 0 Å². The molecule has 1 aromatic carbocycles. The number of amides is 1. The van der Waals surface area contributed by atoms with E-state index in [2.05, 4.69) is 10.1 Å². The summed E-state index contributed by atoms with van der Waals surface area (Å²) in [5.41, 5.74) is 7.52. The average Bonchev–Trinajstić information content (AvgIpc) is 3.20. The molecule has 0 saturated carbocycles. The highest BCUT2D eigenvalue weighted by molar-refractivity contribution is 5.93. The molecule has 2 aliphatic rings. The van der Waals surface area contributed by atoms with Crippen molar-refractivity contribution in [2.75, 3.05) is 39.0 Å². The predicted octanol–water partition coefficient (Wildman–Crippen LogP) is 1.46. The van der Waals surface area contributed by atoms with Crippen LogP contribution in [0.15, 0.2) is 16.7 Å². The molecule has 1 amide bonds. The van der Waals surface area contributed by atoms with Crippen LogP contribution in [-0.2, 0) is 6.54 Å². The lowest BCUT2D eigenvalue weighted by Gasteiger charge is -2.20. The number of hydrogen-bond acceptors (Lipinski definition) is 6. The van der Waals surface area contributed by atoms with E-state index in [0.29, 0.717) is 47.5 Å². The molecule has 3 N–H and O–H groups in total. The summed E-state index contributed by atoms with van der Waals surface area (Å²) in [7, 11) is 1.60. The van der Waals surface area contributed by atoms with Crippen molar-refractivity contribution >= 4 is 22.9 Å². The highest BCUT2D eigenvalue weighted by atomic mass is 16.5. The van der Waals surface area contributed by atoms with Gasteiger partial charge >= 0.3 is 6.09 Å². The lowest BCUT2D eigenvalue weighted by atomic mass is 10.0. The number of carboxylic acid groups (broad SMARTS) is 1. The Morgan fingerprint density at radius 3 is 2.71 bits per heavy atom. The first-order valence-electron chi connectivity index (χ1n) is 7.97. The minimum absolute atomic E-state index is 0.331. The number of aromatic nitrogens is 1. The molecule has 8 nitrogen and oxygen atoms in total. The summed E-state index contributed by atoms with van der Waals surface area (Å²) in [5.74, 6) is 1.84. The molecular formula is C16H20N4O4. The van der Waals surface area contributed by atoms with Gasteiger partial charge in [0.05, 0.1) is 7.11 Å². The van der Waals surface area contributed by atoms with Gasteiger partial charge in [-0.25, -0.2) is 4.79 Å². The van der Waals surface area contributed by atoms with Crippen LogP contribution in [0.3, 0.4) is 0 Å². The number of nitrogen functional groups attached to an aromatic ring is 1. The van der Waals surface area contributed by atoms with E-state index in [1.54, 1.807) is 7.11 Å². The topological polar surface area (TPSA) is 105 Å². The van der Waals surface area contributed by atoms with Crippen LogP contribution in [0.4, 0.5) is 10.6 Å².